The van der Waals surface area contributed by atoms with Crippen molar-refractivity contribution < 1.29 is 13.9 Å². The summed E-state index contributed by atoms with van der Waals surface area (Å²) >= 11 is 11.3. The van der Waals surface area contributed by atoms with Crippen LogP contribution >= 0.6 is 23.2 Å². The summed E-state index contributed by atoms with van der Waals surface area (Å²) in [6.45, 7) is 2.97. The molecule has 0 saturated heterocycles. The lowest BCUT2D eigenvalue weighted by Gasteiger charge is -2.19. The van der Waals surface area contributed by atoms with Gasteiger partial charge in [0.05, 0.1) is 18.1 Å². The van der Waals surface area contributed by atoms with E-state index < -0.39 is 22.8 Å². The van der Waals surface area contributed by atoms with Crippen molar-refractivity contribution in [3.8, 4) is 0 Å². The standard InChI is InChI=1S/C13H11Cl2F2N3O/c1-12(2,21)8-5-19-9(6-18-8)13(16,17)7-3-10(14)20-11(15)4-7/h3-6,21H,1-2H3. The van der Waals surface area contributed by atoms with Crippen LogP contribution in [0.5, 0.6) is 0 Å². The van der Waals surface area contributed by atoms with Crippen molar-refractivity contribution in [1.82, 2.24) is 15.0 Å². The Labute approximate surface area is 129 Å². The summed E-state index contributed by atoms with van der Waals surface area (Å²) in [5.74, 6) is -3.43. The Kier molecular flexibility index (Phi) is 4.15. The molecule has 0 radical (unpaired) electrons. The number of rotatable bonds is 3. The second-order valence-electron chi connectivity index (χ2n) is 4.92. The van der Waals surface area contributed by atoms with Gasteiger partial charge in [-0.1, -0.05) is 23.2 Å². The molecule has 0 saturated carbocycles. The molecule has 0 bridgehead atoms. The molecular formula is C13H11Cl2F2N3O. The van der Waals surface area contributed by atoms with E-state index in [1.165, 1.54) is 13.8 Å². The minimum Gasteiger partial charge on any atom is -0.384 e. The molecule has 2 aromatic heterocycles. The number of alkyl halides is 2. The van der Waals surface area contributed by atoms with Crippen LogP contribution in [0.1, 0.15) is 30.8 Å². The second-order valence-corrected chi connectivity index (χ2v) is 5.70. The molecule has 0 aliphatic carbocycles. The highest BCUT2D eigenvalue weighted by atomic mass is 35.5. The third-order valence-corrected chi connectivity index (χ3v) is 3.11. The van der Waals surface area contributed by atoms with Gasteiger partial charge < -0.3 is 5.11 Å². The lowest BCUT2D eigenvalue weighted by molar-refractivity contribution is 0.0362. The number of halogens is 4. The molecule has 2 aromatic rings. The summed E-state index contributed by atoms with van der Waals surface area (Å²) in [7, 11) is 0. The average molecular weight is 334 g/mol. The number of hydrogen-bond acceptors (Lipinski definition) is 4. The van der Waals surface area contributed by atoms with Gasteiger partial charge in [-0.3, -0.25) is 9.97 Å². The van der Waals surface area contributed by atoms with Crippen LogP contribution < -0.4 is 0 Å². The van der Waals surface area contributed by atoms with Gasteiger partial charge in [0.15, 0.2) is 0 Å². The molecule has 0 spiro atoms. The number of aliphatic hydroxyl groups is 1. The first kappa shape index (κ1) is 16.0. The molecular weight excluding hydrogens is 323 g/mol. The fourth-order valence-corrected chi connectivity index (χ4v) is 2.06. The zero-order valence-corrected chi connectivity index (χ0v) is 12.6. The topological polar surface area (TPSA) is 58.9 Å². The highest BCUT2D eigenvalue weighted by molar-refractivity contribution is 6.32. The van der Waals surface area contributed by atoms with Gasteiger partial charge in [-0.25, -0.2) is 4.98 Å². The first-order valence-electron chi connectivity index (χ1n) is 5.87. The third-order valence-electron chi connectivity index (χ3n) is 2.73. The minimum atomic E-state index is -3.43. The van der Waals surface area contributed by atoms with Crippen LogP contribution in [-0.4, -0.2) is 20.1 Å². The van der Waals surface area contributed by atoms with E-state index in [-0.39, 0.29) is 16.0 Å². The first-order valence-corrected chi connectivity index (χ1v) is 6.63. The Morgan fingerprint density at radius 2 is 1.48 bits per heavy atom. The fourth-order valence-electron chi connectivity index (χ4n) is 1.60. The molecule has 2 rings (SSSR count). The lowest BCUT2D eigenvalue weighted by Crippen LogP contribution is -2.22. The van der Waals surface area contributed by atoms with E-state index in [4.69, 9.17) is 23.2 Å². The van der Waals surface area contributed by atoms with E-state index in [1.807, 2.05) is 0 Å². The van der Waals surface area contributed by atoms with Crippen LogP contribution in [0.25, 0.3) is 0 Å². The number of hydrogen-bond donors (Lipinski definition) is 1. The van der Waals surface area contributed by atoms with E-state index in [1.54, 1.807) is 0 Å². The van der Waals surface area contributed by atoms with Gasteiger partial charge in [-0.15, -0.1) is 0 Å². The molecule has 0 aliphatic rings. The van der Waals surface area contributed by atoms with Gasteiger partial charge in [0.1, 0.15) is 21.6 Å². The Bertz CT molecular complexity index is 637. The van der Waals surface area contributed by atoms with Crippen molar-refractivity contribution in [3.63, 3.8) is 0 Å². The molecule has 0 unspecified atom stereocenters. The van der Waals surface area contributed by atoms with Crippen molar-refractivity contribution >= 4 is 23.2 Å². The molecule has 0 aromatic carbocycles. The predicted molar refractivity (Wildman–Crippen MR) is 74.5 cm³/mol. The summed E-state index contributed by atoms with van der Waals surface area (Å²) in [4.78, 5) is 11.1. The Morgan fingerprint density at radius 1 is 1.00 bits per heavy atom. The zero-order chi connectivity index (χ0) is 15.8. The maximum Gasteiger partial charge on any atom is 0.316 e. The summed E-state index contributed by atoms with van der Waals surface area (Å²) < 4.78 is 28.7. The minimum absolute atomic E-state index is 0.141. The van der Waals surface area contributed by atoms with E-state index in [9.17, 15) is 13.9 Å². The summed E-state index contributed by atoms with van der Waals surface area (Å²) in [6.07, 6.45) is 2.02. The largest absolute Gasteiger partial charge is 0.384 e. The van der Waals surface area contributed by atoms with Gasteiger partial charge in [0.2, 0.25) is 0 Å². The summed E-state index contributed by atoms with van der Waals surface area (Å²) in [6, 6.07) is 2.03. The summed E-state index contributed by atoms with van der Waals surface area (Å²) in [5.41, 5.74) is -2.08. The molecule has 112 valence electrons. The highest BCUT2D eigenvalue weighted by Gasteiger charge is 2.37. The number of pyridine rings is 1. The Balaban J connectivity index is 2.43. The average Bonchev–Trinajstić information content (AvgIpc) is 2.36. The molecule has 1 N–H and O–H groups in total. The van der Waals surface area contributed by atoms with Crippen LogP contribution in [-0.2, 0) is 11.5 Å². The molecule has 0 aliphatic heterocycles. The SMILES string of the molecule is CC(C)(O)c1cnc(C(F)(F)c2cc(Cl)nc(Cl)c2)cn1. The van der Waals surface area contributed by atoms with E-state index in [2.05, 4.69) is 15.0 Å². The first-order chi connectivity index (χ1) is 9.60. The molecule has 0 atom stereocenters. The highest BCUT2D eigenvalue weighted by Crippen LogP contribution is 2.36. The maximum absolute atomic E-state index is 14.4. The van der Waals surface area contributed by atoms with Crippen molar-refractivity contribution in [2.45, 2.75) is 25.4 Å². The third kappa shape index (κ3) is 3.45. The lowest BCUT2D eigenvalue weighted by atomic mass is 10.0. The van der Waals surface area contributed by atoms with Crippen molar-refractivity contribution in [1.29, 1.82) is 0 Å². The van der Waals surface area contributed by atoms with E-state index in [0.29, 0.717) is 0 Å². The van der Waals surface area contributed by atoms with Gasteiger partial charge in [-0.2, -0.15) is 8.78 Å². The van der Waals surface area contributed by atoms with Gasteiger partial charge in [-0.05, 0) is 26.0 Å². The maximum atomic E-state index is 14.4. The van der Waals surface area contributed by atoms with Gasteiger partial charge >= 0.3 is 5.92 Å². The fraction of sp³-hybridized carbons (Fsp3) is 0.308. The van der Waals surface area contributed by atoms with Crippen LogP contribution in [0, 0.1) is 0 Å². The van der Waals surface area contributed by atoms with Crippen LogP contribution in [0.4, 0.5) is 8.78 Å². The van der Waals surface area contributed by atoms with Crippen molar-refractivity contribution in [3.05, 3.63) is 51.8 Å². The predicted octanol–water partition coefficient (Wildman–Crippen LogP) is 3.55. The summed E-state index contributed by atoms with van der Waals surface area (Å²) in [5, 5.41) is 9.46. The van der Waals surface area contributed by atoms with Crippen molar-refractivity contribution in [2.75, 3.05) is 0 Å². The molecule has 2 heterocycles. The quantitative estimate of drug-likeness (QED) is 0.872. The molecule has 4 nitrogen and oxygen atoms in total. The van der Waals surface area contributed by atoms with Gasteiger partial charge in [0, 0.05) is 5.56 Å². The molecule has 8 heteroatoms. The van der Waals surface area contributed by atoms with E-state index >= 15 is 0 Å². The number of nitrogens with zero attached hydrogens (tertiary/aromatic N) is 3. The second kappa shape index (κ2) is 5.44. The van der Waals surface area contributed by atoms with E-state index in [0.717, 1.165) is 24.5 Å². The van der Waals surface area contributed by atoms with Crippen LogP contribution in [0.15, 0.2) is 24.5 Å². The monoisotopic (exact) mass is 333 g/mol. The molecule has 21 heavy (non-hydrogen) atoms. The zero-order valence-electron chi connectivity index (χ0n) is 11.1. The van der Waals surface area contributed by atoms with Crippen molar-refractivity contribution in [2.24, 2.45) is 0 Å². The molecule has 0 amide bonds. The van der Waals surface area contributed by atoms with Crippen LogP contribution in [0.3, 0.4) is 0 Å². The Hall–Kier alpha value is -1.37. The van der Waals surface area contributed by atoms with Crippen LogP contribution in [0.2, 0.25) is 10.3 Å². The normalized spacial score (nSPS) is 12.5. The van der Waals surface area contributed by atoms with Gasteiger partial charge in [0.25, 0.3) is 0 Å². The molecule has 0 fully saturated rings. The number of aromatic nitrogens is 3. The Morgan fingerprint density at radius 3 is 1.90 bits per heavy atom. The smallest absolute Gasteiger partial charge is 0.316 e.